The molecule has 4 fully saturated rings. The first-order valence-electron chi connectivity index (χ1n) is 13.3. The van der Waals surface area contributed by atoms with Gasteiger partial charge in [0, 0.05) is 12.6 Å². The SMILES string of the molecule is CCC[C@@H](C)[C@H]1CCC2C3CCC4CC(NCCS(=O)(=O)O)CC[C@]4(C)C3CC[C@@]21C. The van der Waals surface area contributed by atoms with E-state index in [1.54, 1.807) is 0 Å². The quantitative estimate of drug-likeness (QED) is 0.469. The predicted molar refractivity (Wildman–Crippen MR) is 127 cm³/mol. The van der Waals surface area contributed by atoms with Crippen molar-refractivity contribution in [2.45, 2.75) is 104 Å². The molecule has 180 valence electrons. The molecule has 0 heterocycles. The number of nitrogens with one attached hydrogen (secondary N) is 1. The largest absolute Gasteiger partial charge is 0.313 e. The van der Waals surface area contributed by atoms with E-state index in [4.69, 9.17) is 4.55 Å². The van der Waals surface area contributed by atoms with Crippen molar-refractivity contribution in [3.63, 3.8) is 0 Å². The second kappa shape index (κ2) is 8.91. The van der Waals surface area contributed by atoms with Gasteiger partial charge in [0.1, 0.15) is 0 Å². The zero-order valence-electron chi connectivity index (χ0n) is 20.4. The minimum absolute atomic E-state index is 0.173. The van der Waals surface area contributed by atoms with Gasteiger partial charge in [-0.05, 0) is 104 Å². The van der Waals surface area contributed by atoms with E-state index in [2.05, 4.69) is 33.0 Å². The van der Waals surface area contributed by atoms with Crippen molar-refractivity contribution in [2.24, 2.45) is 46.3 Å². The number of hydrogen-bond donors (Lipinski definition) is 2. The molecular weight excluding hydrogens is 406 g/mol. The first kappa shape index (κ1) is 24.0. The molecule has 4 saturated carbocycles. The zero-order chi connectivity index (χ0) is 22.4. The third kappa shape index (κ3) is 4.49. The lowest BCUT2D eigenvalue weighted by atomic mass is 9.44. The average molecular weight is 454 g/mol. The van der Waals surface area contributed by atoms with Crippen molar-refractivity contribution in [1.29, 1.82) is 0 Å². The molecule has 4 aliphatic carbocycles. The number of hydrogen-bond acceptors (Lipinski definition) is 3. The van der Waals surface area contributed by atoms with E-state index >= 15 is 0 Å². The van der Waals surface area contributed by atoms with Crippen LogP contribution in [0.4, 0.5) is 0 Å². The molecule has 9 atom stereocenters. The fraction of sp³-hybridized carbons (Fsp3) is 1.00. The maximum atomic E-state index is 11.0. The maximum absolute atomic E-state index is 11.0. The summed E-state index contributed by atoms with van der Waals surface area (Å²) in [5.41, 5.74) is 1.05. The first-order valence-corrected chi connectivity index (χ1v) is 14.9. The van der Waals surface area contributed by atoms with Crippen LogP contribution in [0.2, 0.25) is 0 Å². The van der Waals surface area contributed by atoms with Crippen molar-refractivity contribution < 1.29 is 13.0 Å². The van der Waals surface area contributed by atoms with E-state index in [1.165, 1.54) is 64.2 Å². The Morgan fingerprint density at radius 3 is 2.42 bits per heavy atom. The summed E-state index contributed by atoms with van der Waals surface area (Å²) in [6.07, 6.45) is 14.9. The molecule has 0 radical (unpaired) electrons. The van der Waals surface area contributed by atoms with Crippen LogP contribution >= 0.6 is 0 Å². The maximum Gasteiger partial charge on any atom is 0.266 e. The van der Waals surface area contributed by atoms with Crippen LogP contribution in [0.3, 0.4) is 0 Å². The Morgan fingerprint density at radius 2 is 1.71 bits per heavy atom. The Balaban J connectivity index is 1.42. The van der Waals surface area contributed by atoms with Crippen LogP contribution in [-0.4, -0.2) is 31.3 Å². The molecule has 4 nitrogen and oxygen atoms in total. The van der Waals surface area contributed by atoms with Gasteiger partial charge in [-0.15, -0.1) is 0 Å². The summed E-state index contributed by atoms with van der Waals surface area (Å²) < 4.78 is 31.1. The molecule has 2 N–H and O–H groups in total. The summed E-state index contributed by atoms with van der Waals surface area (Å²) in [6.45, 7) is 10.5. The summed E-state index contributed by atoms with van der Waals surface area (Å²) >= 11 is 0. The van der Waals surface area contributed by atoms with Crippen LogP contribution in [0.1, 0.15) is 98.3 Å². The molecule has 5 heteroatoms. The summed E-state index contributed by atoms with van der Waals surface area (Å²) in [6, 6.07) is 0.413. The van der Waals surface area contributed by atoms with Crippen LogP contribution in [0.15, 0.2) is 0 Å². The molecule has 0 saturated heterocycles. The van der Waals surface area contributed by atoms with Gasteiger partial charge < -0.3 is 5.32 Å². The topological polar surface area (TPSA) is 66.4 Å². The lowest BCUT2D eigenvalue weighted by Crippen LogP contribution is -2.55. The van der Waals surface area contributed by atoms with Crippen LogP contribution in [-0.2, 0) is 10.1 Å². The van der Waals surface area contributed by atoms with E-state index in [0.717, 1.165) is 41.9 Å². The van der Waals surface area contributed by atoms with Crippen molar-refractivity contribution in [3.8, 4) is 0 Å². The minimum Gasteiger partial charge on any atom is -0.313 e. The highest BCUT2D eigenvalue weighted by Gasteiger charge is 2.60. The first-order chi connectivity index (χ1) is 14.6. The second-order valence-electron chi connectivity index (χ2n) is 12.4. The smallest absolute Gasteiger partial charge is 0.266 e. The van der Waals surface area contributed by atoms with E-state index in [-0.39, 0.29) is 5.75 Å². The highest BCUT2D eigenvalue weighted by Crippen LogP contribution is 2.68. The molecule has 4 rings (SSSR count). The summed E-state index contributed by atoms with van der Waals surface area (Å²) in [5.74, 6) is 5.18. The number of fused-ring (bicyclic) bond motifs is 5. The third-order valence-electron chi connectivity index (χ3n) is 11.0. The predicted octanol–water partition coefficient (Wildman–Crippen LogP) is 5.93. The van der Waals surface area contributed by atoms with E-state index in [1.807, 2.05) is 0 Å². The van der Waals surface area contributed by atoms with Gasteiger partial charge >= 0.3 is 0 Å². The molecule has 0 aromatic heterocycles. The summed E-state index contributed by atoms with van der Waals surface area (Å²) in [5, 5.41) is 3.43. The molecular formula is C26H47NO3S. The molecule has 0 aliphatic heterocycles. The van der Waals surface area contributed by atoms with Gasteiger partial charge in [0.15, 0.2) is 0 Å². The monoisotopic (exact) mass is 453 g/mol. The van der Waals surface area contributed by atoms with Crippen LogP contribution in [0.5, 0.6) is 0 Å². The highest BCUT2D eigenvalue weighted by molar-refractivity contribution is 7.85. The molecule has 0 spiro atoms. The Kier molecular flexibility index (Phi) is 6.90. The molecule has 0 aromatic carbocycles. The Morgan fingerprint density at radius 1 is 1.00 bits per heavy atom. The van der Waals surface area contributed by atoms with Crippen molar-refractivity contribution in [2.75, 3.05) is 12.3 Å². The van der Waals surface area contributed by atoms with Gasteiger partial charge in [-0.3, -0.25) is 4.55 Å². The molecule has 0 amide bonds. The summed E-state index contributed by atoms with van der Waals surface area (Å²) in [7, 11) is -3.87. The zero-order valence-corrected chi connectivity index (χ0v) is 21.2. The van der Waals surface area contributed by atoms with Gasteiger partial charge in [-0.1, -0.05) is 40.5 Å². The summed E-state index contributed by atoms with van der Waals surface area (Å²) in [4.78, 5) is 0. The highest BCUT2D eigenvalue weighted by atomic mass is 32.2. The lowest BCUT2D eigenvalue weighted by molar-refractivity contribution is -0.117. The Labute approximate surface area is 191 Å². The van der Waals surface area contributed by atoms with Crippen LogP contribution < -0.4 is 5.32 Å². The fourth-order valence-corrected chi connectivity index (χ4v) is 9.84. The van der Waals surface area contributed by atoms with E-state index < -0.39 is 10.1 Å². The van der Waals surface area contributed by atoms with Crippen molar-refractivity contribution in [3.05, 3.63) is 0 Å². The van der Waals surface area contributed by atoms with Crippen molar-refractivity contribution >= 4 is 10.1 Å². The third-order valence-corrected chi connectivity index (χ3v) is 11.7. The van der Waals surface area contributed by atoms with Gasteiger partial charge in [-0.25, -0.2) is 0 Å². The Bertz CT molecular complexity index is 739. The van der Waals surface area contributed by atoms with Crippen LogP contribution in [0.25, 0.3) is 0 Å². The van der Waals surface area contributed by atoms with Crippen molar-refractivity contribution in [1.82, 2.24) is 5.32 Å². The number of rotatable bonds is 7. The Hall–Kier alpha value is -0.130. The standard InChI is InChI=1S/C26H47NO3S/c1-5-6-18(2)22-9-10-23-21-8-7-19-17-20(27-15-16-31(28,29)30)11-13-25(19,3)24(21)12-14-26(22,23)4/h18-24,27H,5-17H2,1-4H3,(H,28,29,30)/t18-,19?,20?,21?,22-,23?,24?,25+,26-/m1/s1. The molecule has 5 unspecified atom stereocenters. The van der Waals surface area contributed by atoms with Gasteiger partial charge in [0.2, 0.25) is 0 Å². The van der Waals surface area contributed by atoms with Gasteiger partial charge in [0.25, 0.3) is 10.1 Å². The molecule has 0 aromatic rings. The lowest BCUT2D eigenvalue weighted by Gasteiger charge is -2.61. The fourth-order valence-electron chi connectivity index (χ4n) is 9.47. The minimum atomic E-state index is -3.87. The van der Waals surface area contributed by atoms with E-state index in [0.29, 0.717) is 23.4 Å². The van der Waals surface area contributed by atoms with Gasteiger partial charge in [0.05, 0.1) is 5.75 Å². The average Bonchev–Trinajstić information content (AvgIpc) is 3.04. The van der Waals surface area contributed by atoms with Crippen LogP contribution in [0, 0.1) is 46.3 Å². The van der Waals surface area contributed by atoms with Gasteiger partial charge in [-0.2, -0.15) is 8.42 Å². The second-order valence-corrected chi connectivity index (χ2v) is 13.9. The normalized spacial score (nSPS) is 46.1. The molecule has 0 bridgehead atoms. The van der Waals surface area contributed by atoms with E-state index in [9.17, 15) is 8.42 Å². The molecule has 4 aliphatic rings. The molecule has 31 heavy (non-hydrogen) atoms.